The molecule has 1 heterocycles. The number of thiazole rings is 1. The summed E-state index contributed by atoms with van der Waals surface area (Å²) in [6.07, 6.45) is 1.00. The fraction of sp³-hybridized carbons (Fsp3) is 0.400. The summed E-state index contributed by atoms with van der Waals surface area (Å²) in [4.78, 5) is 4.61. The van der Waals surface area contributed by atoms with Crippen LogP contribution in [-0.4, -0.2) is 4.98 Å². The van der Waals surface area contributed by atoms with E-state index in [1.807, 2.05) is 25.1 Å². The van der Waals surface area contributed by atoms with Crippen LogP contribution >= 0.6 is 11.3 Å². The molecular formula is C15H21N3S. The maximum Gasteiger partial charge on any atom is 0.113 e. The van der Waals surface area contributed by atoms with Crippen LogP contribution in [0.5, 0.6) is 0 Å². The molecule has 4 heteroatoms. The van der Waals surface area contributed by atoms with Crippen LogP contribution in [0.25, 0.3) is 0 Å². The fourth-order valence-electron chi connectivity index (χ4n) is 1.96. The number of anilines is 1. The largest absolute Gasteiger partial charge is 0.399 e. The molecular weight excluding hydrogens is 254 g/mol. The number of aromatic nitrogens is 1. The topological polar surface area (TPSA) is 50.9 Å². The van der Waals surface area contributed by atoms with Crippen molar-refractivity contribution in [1.29, 1.82) is 0 Å². The van der Waals surface area contributed by atoms with Gasteiger partial charge in [-0.15, -0.1) is 11.3 Å². The molecule has 102 valence electrons. The highest BCUT2D eigenvalue weighted by Gasteiger charge is 2.26. The first-order valence-corrected chi connectivity index (χ1v) is 7.43. The number of aryl methyl sites for hydroxylation is 1. The fourth-order valence-corrected chi connectivity index (χ4v) is 2.97. The molecule has 2 aromatic rings. The molecule has 0 spiro atoms. The van der Waals surface area contributed by atoms with Crippen LogP contribution < -0.4 is 11.1 Å². The van der Waals surface area contributed by atoms with Crippen molar-refractivity contribution in [3.63, 3.8) is 0 Å². The smallest absolute Gasteiger partial charge is 0.113 e. The van der Waals surface area contributed by atoms with Gasteiger partial charge in [-0.05, 0) is 38.0 Å². The molecule has 0 aliphatic heterocycles. The lowest BCUT2D eigenvalue weighted by Gasteiger charge is -2.27. The molecule has 0 saturated carbocycles. The summed E-state index contributed by atoms with van der Waals surface area (Å²) < 4.78 is 0. The Morgan fingerprint density at radius 3 is 2.79 bits per heavy atom. The highest BCUT2D eigenvalue weighted by molar-refractivity contribution is 7.09. The third kappa shape index (κ3) is 3.33. The van der Waals surface area contributed by atoms with Crippen LogP contribution in [-0.2, 0) is 12.1 Å². The Balaban J connectivity index is 2.11. The predicted octanol–water partition coefficient (Wildman–Crippen LogP) is 3.45. The minimum Gasteiger partial charge on any atom is -0.399 e. The molecule has 3 nitrogen and oxygen atoms in total. The molecule has 0 saturated heterocycles. The summed E-state index contributed by atoms with van der Waals surface area (Å²) in [6.45, 7) is 7.22. The number of hydrogen-bond donors (Lipinski definition) is 2. The van der Waals surface area contributed by atoms with Gasteiger partial charge in [0.15, 0.2) is 0 Å². The number of nitrogens with one attached hydrogen (secondary N) is 1. The van der Waals surface area contributed by atoms with E-state index < -0.39 is 0 Å². The van der Waals surface area contributed by atoms with Crippen molar-refractivity contribution < 1.29 is 0 Å². The van der Waals surface area contributed by atoms with Gasteiger partial charge >= 0.3 is 0 Å². The molecule has 0 aliphatic rings. The first-order valence-electron chi connectivity index (χ1n) is 6.55. The molecule has 3 N–H and O–H groups in total. The van der Waals surface area contributed by atoms with Crippen LogP contribution in [0.15, 0.2) is 29.6 Å². The zero-order valence-corrected chi connectivity index (χ0v) is 12.6. The monoisotopic (exact) mass is 275 g/mol. The second kappa shape index (κ2) is 5.72. The van der Waals surface area contributed by atoms with Gasteiger partial charge in [0.1, 0.15) is 5.01 Å². The van der Waals surface area contributed by atoms with Crippen molar-refractivity contribution in [2.24, 2.45) is 0 Å². The molecule has 19 heavy (non-hydrogen) atoms. The third-order valence-corrected chi connectivity index (χ3v) is 4.66. The maximum absolute atomic E-state index is 5.81. The van der Waals surface area contributed by atoms with E-state index in [1.165, 1.54) is 5.56 Å². The maximum atomic E-state index is 5.81. The number of hydrogen-bond acceptors (Lipinski definition) is 4. The SMILES string of the molecule is CCC(C)(NCc1cccc(N)c1)c1nc(C)cs1. The summed E-state index contributed by atoms with van der Waals surface area (Å²) in [6, 6.07) is 8.00. The lowest BCUT2D eigenvalue weighted by Crippen LogP contribution is -2.38. The number of benzene rings is 1. The van der Waals surface area contributed by atoms with Crippen molar-refractivity contribution in [2.45, 2.75) is 39.3 Å². The van der Waals surface area contributed by atoms with Crippen LogP contribution in [0, 0.1) is 6.92 Å². The van der Waals surface area contributed by atoms with Gasteiger partial charge in [-0.25, -0.2) is 4.98 Å². The molecule has 1 aromatic heterocycles. The molecule has 0 bridgehead atoms. The van der Waals surface area contributed by atoms with Gasteiger partial charge in [-0.2, -0.15) is 0 Å². The highest BCUT2D eigenvalue weighted by atomic mass is 32.1. The summed E-state index contributed by atoms with van der Waals surface area (Å²) in [5.74, 6) is 0. The number of nitrogen functional groups attached to an aromatic ring is 1. The summed E-state index contributed by atoms with van der Waals surface area (Å²) in [5.41, 5.74) is 8.83. The van der Waals surface area contributed by atoms with Gasteiger partial charge in [0, 0.05) is 23.3 Å². The molecule has 1 atom stereocenters. The molecule has 0 fully saturated rings. The van der Waals surface area contributed by atoms with Gasteiger partial charge < -0.3 is 11.1 Å². The zero-order chi connectivity index (χ0) is 13.9. The second-order valence-electron chi connectivity index (χ2n) is 5.08. The zero-order valence-electron chi connectivity index (χ0n) is 11.7. The first-order chi connectivity index (χ1) is 9.03. The van der Waals surface area contributed by atoms with Crippen LogP contribution in [0.4, 0.5) is 5.69 Å². The molecule has 0 amide bonds. The Labute approximate surface area is 118 Å². The van der Waals surface area contributed by atoms with Crippen molar-refractivity contribution in [2.75, 3.05) is 5.73 Å². The van der Waals surface area contributed by atoms with E-state index in [-0.39, 0.29) is 5.54 Å². The van der Waals surface area contributed by atoms with Gasteiger partial charge in [0.2, 0.25) is 0 Å². The van der Waals surface area contributed by atoms with E-state index in [1.54, 1.807) is 11.3 Å². The number of nitrogens with two attached hydrogens (primary N) is 1. The lowest BCUT2D eigenvalue weighted by molar-refractivity contribution is 0.349. The average Bonchev–Trinajstić information content (AvgIpc) is 2.83. The Morgan fingerprint density at radius 1 is 1.42 bits per heavy atom. The van der Waals surface area contributed by atoms with Crippen molar-refractivity contribution in [3.05, 3.63) is 45.9 Å². The summed E-state index contributed by atoms with van der Waals surface area (Å²) >= 11 is 1.72. The van der Waals surface area contributed by atoms with E-state index in [0.717, 1.165) is 29.4 Å². The molecule has 0 aliphatic carbocycles. The average molecular weight is 275 g/mol. The normalized spacial score (nSPS) is 14.3. The van der Waals surface area contributed by atoms with Crippen LogP contribution in [0.3, 0.4) is 0 Å². The first kappa shape index (κ1) is 14.0. The molecule has 0 radical (unpaired) electrons. The Bertz CT molecular complexity index is 550. The Kier molecular flexibility index (Phi) is 4.22. The van der Waals surface area contributed by atoms with E-state index in [0.29, 0.717) is 0 Å². The second-order valence-corrected chi connectivity index (χ2v) is 5.94. The Hall–Kier alpha value is -1.39. The van der Waals surface area contributed by atoms with Crippen LogP contribution in [0.2, 0.25) is 0 Å². The predicted molar refractivity (Wildman–Crippen MR) is 82.2 cm³/mol. The van der Waals surface area contributed by atoms with Crippen molar-refractivity contribution in [1.82, 2.24) is 10.3 Å². The molecule has 1 unspecified atom stereocenters. The number of nitrogens with zero attached hydrogens (tertiary/aromatic N) is 1. The Morgan fingerprint density at radius 2 is 2.21 bits per heavy atom. The quantitative estimate of drug-likeness (QED) is 0.822. The molecule has 1 aromatic carbocycles. The van der Waals surface area contributed by atoms with Crippen molar-refractivity contribution >= 4 is 17.0 Å². The van der Waals surface area contributed by atoms with E-state index in [9.17, 15) is 0 Å². The minimum atomic E-state index is -0.0798. The van der Waals surface area contributed by atoms with E-state index >= 15 is 0 Å². The highest BCUT2D eigenvalue weighted by Crippen LogP contribution is 2.28. The van der Waals surface area contributed by atoms with Crippen molar-refractivity contribution in [3.8, 4) is 0 Å². The minimum absolute atomic E-state index is 0.0798. The number of rotatable bonds is 5. The van der Waals surface area contributed by atoms with E-state index in [2.05, 4.69) is 35.6 Å². The van der Waals surface area contributed by atoms with Gasteiger partial charge in [0.05, 0.1) is 5.54 Å². The third-order valence-electron chi connectivity index (χ3n) is 3.43. The van der Waals surface area contributed by atoms with Gasteiger partial charge in [-0.3, -0.25) is 0 Å². The van der Waals surface area contributed by atoms with Crippen LogP contribution in [0.1, 0.15) is 36.5 Å². The summed E-state index contributed by atoms with van der Waals surface area (Å²) in [7, 11) is 0. The van der Waals surface area contributed by atoms with Gasteiger partial charge in [-0.1, -0.05) is 19.1 Å². The lowest BCUT2D eigenvalue weighted by atomic mass is 9.99. The standard InChI is InChI=1S/C15H21N3S/c1-4-15(3,14-18-11(2)10-19-14)17-9-12-6-5-7-13(16)8-12/h5-8,10,17H,4,9,16H2,1-3H3. The molecule has 2 rings (SSSR count). The summed E-state index contributed by atoms with van der Waals surface area (Å²) in [5, 5.41) is 6.86. The van der Waals surface area contributed by atoms with Gasteiger partial charge in [0.25, 0.3) is 0 Å². The van der Waals surface area contributed by atoms with E-state index in [4.69, 9.17) is 5.73 Å².